The van der Waals surface area contributed by atoms with Gasteiger partial charge >= 0.3 is 0 Å². The first-order valence-corrected chi connectivity index (χ1v) is 7.35. The van der Waals surface area contributed by atoms with Gasteiger partial charge < -0.3 is 15.6 Å². The first-order valence-electron chi connectivity index (χ1n) is 7.35. The fraction of sp³-hybridized carbons (Fsp3) is 0.462. The summed E-state index contributed by atoms with van der Waals surface area (Å²) in [7, 11) is 0. The lowest BCUT2D eigenvalue weighted by Gasteiger charge is -2.32. The predicted molar refractivity (Wildman–Crippen MR) is 80.1 cm³/mol. The summed E-state index contributed by atoms with van der Waals surface area (Å²) in [5.41, 5.74) is 8.02. The van der Waals surface area contributed by atoms with E-state index in [0.717, 1.165) is 43.0 Å². The van der Waals surface area contributed by atoms with Crippen molar-refractivity contribution < 1.29 is 0 Å². The SMILES string of the molecule is NCc1cn(C2CCN(c3ncnc4nc[nH]c34)CC2)nn1. The zero-order valence-electron chi connectivity index (χ0n) is 12.1. The van der Waals surface area contributed by atoms with Gasteiger partial charge in [-0.25, -0.2) is 19.6 Å². The molecule has 0 atom stereocenters. The van der Waals surface area contributed by atoms with E-state index in [9.17, 15) is 0 Å². The van der Waals surface area contributed by atoms with Crippen molar-refractivity contribution in [2.75, 3.05) is 18.0 Å². The third-order valence-corrected chi connectivity index (χ3v) is 4.11. The van der Waals surface area contributed by atoms with Crippen LogP contribution in [0.2, 0.25) is 0 Å². The van der Waals surface area contributed by atoms with E-state index in [-0.39, 0.29) is 0 Å². The molecule has 0 spiro atoms. The van der Waals surface area contributed by atoms with Gasteiger partial charge in [-0.15, -0.1) is 5.10 Å². The van der Waals surface area contributed by atoms with Crippen molar-refractivity contribution in [2.24, 2.45) is 5.73 Å². The van der Waals surface area contributed by atoms with Crippen LogP contribution in [0.5, 0.6) is 0 Å². The van der Waals surface area contributed by atoms with Gasteiger partial charge in [0.1, 0.15) is 11.8 Å². The molecule has 1 fully saturated rings. The Morgan fingerprint density at radius 2 is 2.09 bits per heavy atom. The molecule has 0 radical (unpaired) electrons. The first-order chi connectivity index (χ1) is 10.8. The van der Waals surface area contributed by atoms with Crippen molar-refractivity contribution in [1.29, 1.82) is 0 Å². The van der Waals surface area contributed by atoms with E-state index >= 15 is 0 Å². The summed E-state index contributed by atoms with van der Waals surface area (Å²) >= 11 is 0. The van der Waals surface area contributed by atoms with Gasteiger partial charge in [0.05, 0.1) is 24.3 Å². The van der Waals surface area contributed by atoms with Gasteiger partial charge in [0.15, 0.2) is 11.5 Å². The number of nitrogens with zero attached hydrogens (tertiary/aromatic N) is 7. The van der Waals surface area contributed by atoms with Crippen LogP contribution in [-0.4, -0.2) is 48.0 Å². The van der Waals surface area contributed by atoms with Crippen molar-refractivity contribution in [2.45, 2.75) is 25.4 Å². The van der Waals surface area contributed by atoms with Gasteiger partial charge in [0.25, 0.3) is 0 Å². The number of nitrogens with one attached hydrogen (secondary N) is 1. The summed E-state index contributed by atoms with van der Waals surface area (Å²) in [5.74, 6) is 0.919. The smallest absolute Gasteiger partial charge is 0.182 e. The van der Waals surface area contributed by atoms with Crippen LogP contribution in [0.25, 0.3) is 11.2 Å². The van der Waals surface area contributed by atoms with E-state index in [1.807, 2.05) is 10.9 Å². The van der Waals surface area contributed by atoms with Crippen molar-refractivity contribution in [1.82, 2.24) is 34.9 Å². The Labute approximate surface area is 126 Å². The van der Waals surface area contributed by atoms with Gasteiger partial charge in [-0.1, -0.05) is 5.21 Å². The second-order valence-corrected chi connectivity index (χ2v) is 5.41. The molecule has 9 heteroatoms. The molecule has 4 rings (SSSR count). The van der Waals surface area contributed by atoms with Gasteiger partial charge in [0, 0.05) is 19.6 Å². The van der Waals surface area contributed by atoms with Crippen LogP contribution < -0.4 is 10.6 Å². The van der Waals surface area contributed by atoms with Crippen LogP contribution >= 0.6 is 0 Å². The highest BCUT2D eigenvalue weighted by Gasteiger charge is 2.24. The first kappa shape index (κ1) is 13.1. The maximum Gasteiger partial charge on any atom is 0.182 e. The zero-order valence-corrected chi connectivity index (χ0v) is 12.1. The monoisotopic (exact) mass is 299 g/mol. The van der Waals surface area contributed by atoms with E-state index in [4.69, 9.17) is 5.73 Å². The lowest BCUT2D eigenvalue weighted by atomic mass is 10.1. The summed E-state index contributed by atoms with van der Waals surface area (Å²) in [6, 6.07) is 0.364. The molecule has 22 heavy (non-hydrogen) atoms. The molecule has 4 heterocycles. The topological polar surface area (TPSA) is 114 Å². The molecule has 3 aromatic heterocycles. The molecule has 0 amide bonds. The number of piperidine rings is 1. The summed E-state index contributed by atoms with van der Waals surface area (Å²) in [4.78, 5) is 18.1. The molecule has 0 unspecified atom stereocenters. The quantitative estimate of drug-likeness (QED) is 0.712. The van der Waals surface area contributed by atoms with Crippen molar-refractivity contribution in [3.8, 4) is 0 Å². The Balaban J connectivity index is 1.51. The lowest BCUT2D eigenvalue weighted by molar-refractivity contribution is 0.359. The number of aromatic amines is 1. The maximum absolute atomic E-state index is 5.59. The van der Waals surface area contributed by atoms with Gasteiger partial charge in [-0.05, 0) is 12.8 Å². The minimum Gasteiger partial charge on any atom is -0.355 e. The third kappa shape index (κ3) is 2.19. The van der Waals surface area contributed by atoms with E-state index in [1.54, 1.807) is 12.7 Å². The van der Waals surface area contributed by atoms with Crippen LogP contribution in [0, 0.1) is 0 Å². The third-order valence-electron chi connectivity index (χ3n) is 4.11. The maximum atomic E-state index is 5.59. The summed E-state index contributed by atoms with van der Waals surface area (Å²) in [5, 5.41) is 8.24. The molecule has 9 nitrogen and oxygen atoms in total. The summed E-state index contributed by atoms with van der Waals surface area (Å²) in [6.07, 6.45) is 7.15. The molecule has 3 aromatic rings. The summed E-state index contributed by atoms with van der Waals surface area (Å²) in [6.45, 7) is 2.25. The van der Waals surface area contributed by atoms with Crippen LogP contribution in [0.3, 0.4) is 0 Å². The lowest BCUT2D eigenvalue weighted by Crippen LogP contribution is -2.35. The number of aromatic nitrogens is 7. The molecule has 0 aliphatic carbocycles. The molecule has 1 aliphatic heterocycles. The largest absolute Gasteiger partial charge is 0.355 e. The second-order valence-electron chi connectivity index (χ2n) is 5.41. The molecule has 0 saturated carbocycles. The number of H-pyrrole nitrogens is 1. The van der Waals surface area contributed by atoms with Crippen molar-refractivity contribution >= 4 is 17.0 Å². The standard InChI is InChI=1S/C13H17N9/c14-5-9-6-22(20-19-9)10-1-3-21(4-2-10)13-11-12(16-7-15-11)17-8-18-13/h6-8,10H,1-5,14H2,(H,15,16,17,18). The molecule has 0 aromatic carbocycles. The minimum absolute atomic E-state index is 0.364. The fourth-order valence-corrected chi connectivity index (χ4v) is 2.92. The Hall–Kier alpha value is -2.55. The Morgan fingerprint density at radius 3 is 2.86 bits per heavy atom. The normalized spacial score (nSPS) is 16.5. The highest BCUT2D eigenvalue weighted by atomic mass is 15.4. The Kier molecular flexibility index (Phi) is 3.19. The Bertz CT molecular complexity index is 769. The van der Waals surface area contributed by atoms with Crippen molar-refractivity contribution in [3.05, 3.63) is 24.5 Å². The minimum atomic E-state index is 0.364. The zero-order chi connectivity index (χ0) is 14.9. The molecule has 114 valence electrons. The van der Waals surface area contributed by atoms with E-state index in [2.05, 4.69) is 35.1 Å². The van der Waals surface area contributed by atoms with E-state index in [1.165, 1.54) is 0 Å². The summed E-state index contributed by atoms with van der Waals surface area (Å²) < 4.78 is 1.94. The second kappa shape index (κ2) is 5.34. The highest BCUT2D eigenvalue weighted by Crippen LogP contribution is 2.27. The molecule has 1 aliphatic rings. The van der Waals surface area contributed by atoms with Crippen LogP contribution in [-0.2, 0) is 6.54 Å². The number of rotatable bonds is 3. The van der Waals surface area contributed by atoms with E-state index in [0.29, 0.717) is 18.2 Å². The number of imidazole rings is 1. The van der Waals surface area contributed by atoms with Gasteiger partial charge in [-0.2, -0.15) is 0 Å². The number of hydrogen-bond acceptors (Lipinski definition) is 7. The number of fused-ring (bicyclic) bond motifs is 1. The molecule has 1 saturated heterocycles. The number of hydrogen-bond donors (Lipinski definition) is 2. The van der Waals surface area contributed by atoms with E-state index < -0.39 is 0 Å². The molecular weight excluding hydrogens is 282 g/mol. The van der Waals surface area contributed by atoms with Crippen LogP contribution in [0.15, 0.2) is 18.9 Å². The van der Waals surface area contributed by atoms with Crippen molar-refractivity contribution in [3.63, 3.8) is 0 Å². The number of nitrogens with two attached hydrogens (primary N) is 1. The highest BCUT2D eigenvalue weighted by molar-refractivity contribution is 5.82. The fourth-order valence-electron chi connectivity index (χ4n) is 2.92. The molecule has 0 bridgehead atoms. The number of anilines is 1. The van der Waals surface area contributed by atoms with Gasteiger partial charge in [-0.3, -0.25) is 0 Å². The molecular formula is C13H17N9. The average molecular weight is 299 g/mol. The Morgan fingerprint density at radius 1 is 1.23 bits per heavy atom. The van der Waals surface area contributed by atoms with Crippen LogP contribution in [0.1, 0.15) is 24.6 Å². The predicted octanol–water partition coefficient (Wildman–Crippen LogP) is 0.245. The average Bonchev–Trinajstić information content (AvgIpc) is 3.23. The molecule has 3 N–H and O–H groups in total. The van der Waals surface area contributed by atoms with Crippen LogP contribution in [0.4, 0.5) is 5.82 Å². The van der Waals surface area contributed by atoms with Gasteiger partial charge in [0.2, 0.25) is 0 Å².